The topological polar surface area (TPSA) is 0 Å². The van der Waals surface area contributed by atoms with Crippen LogP contribution >= 0.6 is 7.26 Å². The van der Waals surface area contributed by atoms with Crippen LogP contribution < -0.4 is 10.6 Å². The Kier molecular flexibility index (Phi) is 6.80. The zero-order chi connectivity index (χ0) is 21.5. The Morgan fingerprint density at radius 3 is 2.13 bits per heavy atom. The molecule has 0 radical (unpaired) electrons. The van der Waals surface area contributed by atoms with E-state index in [0.29, 0.717) is 5.66 Å². The summed E-state index contributed by atoms with van der Waals surface area (Å²) in [7, 11) is -2.13. The van der Waals surface area contributed by atoms with Crippen LogP contribution in [-0.4, -0.2) is 5.66 Å². The molecule has 0 spiro atoms. The first-order valence-corrected chi connectivity index (χ1v) is 13.4. The van der Waals surface area contributed by atoms with E-state index in [1.54, 1.807) is 0 Å². The molecule has 0 saturated carbocycles. The van der Waals surface area contributed by atoms with Crippen LogP contribution in [0.1, 0.15) is 23.1 Å². The Balaban J connectivity index is 1.87. The molecule has 4 rings (SSSR count). The molecule has 1 atom stereocenters. The predicted octanol–water partition coefficient (Wildman–Crippen LogP) is 6.98. The van der Waals surface area contributed by atoms with Gasteiger partial charge in [0.1, 0.15) is 0 Å². The Morgan fingerprint density at radius 1 is 0.903 bits per heavy atom. The van der Waals surface area contributed by atoms with Gasteiger partial charge in [0.2, 0.25) is 0 Å². The van der Waals surface area contributed by atoms with E-state index in [2.05, 4.69) is 123 Å². The van der Waals surface area contributed by atoms with Crippen LogP contribution in [-0.2, 0) is 6.16 Å². The third-order valence-electron chi connectivity index (χ3n) is 6.42. The molecule has 0 nitrogen and oxygen atoms in total. The van der Waals surface area contributed by atoms with Gasteiger partial charge in [-0.2, -0.15) is 0 Å². The van der Waals surface area contributed by atoms with Crippen LogP contribution in [0.2, 0.25) is 0 Å². The molecule has 0 fully saturated rings. The molecule has 0 aliphatic heterocycles. The summed E-state index contributed by atoms with van der Waals surface area (Å²) in [6, 6.07) is 29.5. The summed E-state index contributed by atoms with van der Waals surface area (Å²) in [6.45, 7) is 6.01. The summed E-state index contributed by atoms with van der Waals surface area (Å²) < 4.78 is 0. The zero-order valence-electron chi connectivity index (χ0n) is 18.2. The van der Waals surface area contributed by atoms with Crippen molar-refractivity contribution >= 4 is 23.9 Å². The van der Waals surface area contributed by atoms with E-state index in [0.717, 1.165) is 12.6 Å². The molecule has 0 heterocycles. The van der Waals surface area contributed by atoms with Crippen LogP contribution in [0.3, 0.4) is 0 Å². The molecule has 156 valence electrons. The van der Waals surface area contributed by atoms with Gasteiger partial charge in [0.25, 0.3) is 0 Å². The summed E-state index contributed by atoms with van der Waals surface area (Å²) in [6.07, 6.45) is 17.4. The Labute approximate surface area is 187 Å². The summed E-state index contributed by atoms with van der Waals surface area (Å²) >= 11 is 0. The molecule has 0 amide bonds. The predicted molar refractivity (Wildman–Crippen MR) is 141 cm³/mol. The summed E-state index contributed by atoms with van der Waals surface area (Å²) in [5, 5.41) is 3.03. The third kappa shape index (κ3) is 4.55. The van der Waals surface area contributed by atoms with Gasteiger partial charge in [-0.3, -0.25) is 0 Å². The summed E-state index contributed by atoms with van der Waals surface area (Å²) in [5.74, 6) is 0. The molecule has 31 heavy (non-hydrogen) atoms. The Bertz CT molecular complexity index is 1060. The van der Waals surface area contributed by atoms with E-state index in [9.17, 15) is 0 Å². The van der Waals surface area contributed by atoms with Crippen molar-refractivity contribution in [1.29, 1.82) is 0 Å². The number of hydrogen-bond acceptors (Lipinski definition) is 0. The molecule has 1 heteroatoms. The number of allylic oxidation sites excluding steroid dienone is 6. The van der Waals surface area contributed by atoms with Gasteiger partial charge in [-0.25, -0.2) is 0 Å². The maximum atomic E-state index is 3.80. The fourth-order valence-electron chi connectivity index (χ4n) is 4.88. The molecule has 0 bridgehead atoms. The van der Waals surface area contributed by atoms with Crippen molar-refractivity contribution in [2.45, 2.75) is 25.2 Å². The molecular weight excluding hydrogens is 391 g/mol. The normalized spacial score (nSPS) is 16.5. The van der Waals surface area contributed by atoms with Gasteiger partial charge >= 0.3 is 188 Å². The van der Waals surface area contributed by atoms with Crippen LogP contribution in [0.15, 0.2) is 122 Å². The molecule has 0 N–H and O–H groups in total. The SMILES string of the molecule is C=C/C=C\c1ccc(C[PH](c2ccccc2)(c2ccccc2)C2C=CC=CC2)cc1C. The van der Waals surface area contributed by atoms with Gasteiger partial charge in [-0.15, -0.1) is 0 Å². The molecule has 3 aromatic rings. The first-order chi connectivity index (χ1) is 15.2. The zero-order valence-corrected chi connectivity index (χ0v) is 19.2. The summed E-state index contributed by atoms with van der Waals surface area (Å²) in [5.41, 5.74) is 4.54. The van der Waals surface area contributed by atoms with Gasteiger partial charge in [-0.1, -0.05) is 0 Å². The van der Waals surface area contributed by atoms with Crippen molar-refractivity contribution in [1.82, 2.24) is 0 Å². The van der Waals surface area contributed by atoms with Crippen molar-refractivity contribution in [3.05, 3.63) is 139 Å². The summed E-state index contributed by atoms with van der Waals surface area (Å²) in [4.78, 5) is 0. The van der Waals surface area contributed by atoms with E-state index in [4.69, 9.17) is 0 Å². The Hall–Kier alpha value is -2.95. The number of rotatable bonds is 7. The number of aryl methyl sites for hydroxylation is 1. The average Bonchev–Trinajstić information content (AvgIpc) is 2.84. The van der Waals surface area contributed by atoms with Crippen LogP contribution in [0.4, 0.5) is 0 Å². The molecule has 0 saturated heterocycles. The molecule has 0 aromatic heterocycles. The van der Waals surface area contributed by atoms with Crippen LogP contribution in [0, 0.1) is 6.92 Å². The second kappa shape index (κ2) is 9.90. The molecule has 1 aliphatic carbocycles. The van der Waals surface area contributed by atoms with Crippen LogP contribution in [0.25, 0.3) is 6.08 Å². The molecular formula is C30H31P. The van der Waals surface area contributed by atoms with Gasteiger partial charge < -0.3 is 0 Å². The van der Waals surface area contributed by atoms with Gasteiger partial charge in [-0.05, 0) is 0 Å². The van der Waals surface area contributed by atoms with Crippen molar-refractivity contribution < 1.29 is 0 Å². The molecule has 1 unspecified atom stereocenters. The standard InChI is InChI=1S/C30H31P/c1-3-4-14-27-22-21-26(23-25(27)2)24-31(28-15-8-5-9-16-28,29-17-10-6-11-18-29)30-19-12-7-13-20-30/h3-19,21-23,30-31H,1,20,24H2,2H3/b14-4-. The van der Waals surface area contributed by atoms with E-state index in [1.807, 2.05) is 12.2 Å². The van der Waals surface area contributed by atoms with Gasteiger partial charge in [0.05, 0.1) is 0 Å². The van der Waals surface area contributed by atoms with E-state index in [1.165, 1.54) is 27.3 Å². The molecule has 1 aliphatic rings. The van der Waals surface area contributed by atoms with Crippen molar-refractivity contribution in [2.24, 2.45) is 0 Å². The number of benzene rings is 3. The van der Waals surface area contributed by atoms with Crippen molar-refractivity contribution in [2.75, 3.05) is 0 Å². The average molecular weight is 423 g/mol. The monoisotopic (exact) mass is 422 g/mol. The minimum atomic E-state index is -2.13. The second-order valence-electron chi connectivity index (χ2n) is 8.32. The first-order valence-electron chi connectivity index (χ1n) is 11.1. The molecule has 3 aromatic carbocycles. The number of hydrogen-bond donors (Lipinski definition) is 0. The van der Waals surface area contributed by atoms with Gasteiger partial charge in [0.15, 0.2) is 0 Å². The maximum absolute atomic E-state index is 3.80. The van der Waals surface area contributed by atoms with E-state index < -0.39 is 7.26 Å². The Morgan fingerprint density at radius 2 is 1.58 bits per heavy atom. The second-order valence-corrected chi connectivity index (χ2v) is 12.5. The van der Waals surface area contributed by atoms with Crippen molar-refractivity contribution in [3.63, 3.8) is 0 Å². The first kappa shape index (κ1) is 21.3. The minimum absolute atomic E-state index is 0.531. The quantitative estimate of drug-likeness (QED) is 0.285. The fourth-order valence-corrected chi connectivity index (χ4v) is 10.2. The third-order valence-corrected chi connectivity index (χ3v) is 11.8. The van der Waals surface area contributed by atoms with Crippen molar-refractivity contribution in [3.8, 4) is 0 Å². The van der Waals surface area contributed by atoms with Gasteiger partial charge in [0, 0.05) is 0 Å². The van der Waals surface area contributed by atoms with E-state index in [-0.39, 0.29) is 0 Å². The van der Waals surface area contributed by atoms with Crippen LogP contribution in [0.5, 0.6) is 0 Å². The fraction of sp³-hybridized carbons (Fsp3) is 0.133. The van der Waals surface area contributed by atoms with E-state index >= 15 is 0 Å².